The average Bonchev–Trinajstić information content (AvgIpc) is 3.49. The molecule has 3 aliphatic rings. The standard InChI is InChI=1S/C23H21N7O3S/c1-12-7-15(21(32)30-17(12)19(31)28-23(30)5-3-4-6-23)27-18-14-8-16(34-20(14)26-11-25-18)22(33)29-9-13(10-29)24-2/h7-8,11,13H,3-6,9-10H2,1H3,(H,28,31)(H,25,26,27). The van der Waals surface area contributed by atoms with Crippen molar-refractivity contribution in [2.45, 2.75) is 44.3 Å². The highest BCUT2D eigenvalue weighted by Crippen LogP contribution is 2.39. The molecule has 5 heterocycles. The molecule has 2 amide bonds. The van der Waals surface area contributed by atoms with Crippen molar-refractivity contribution in [1.82, 2.24) is 24.8 Å². The Bertz CT molecular complexity index is 1470. The van der Waals surface area contributed by atoms with Crippen molar-refractivity contribution in [2.75, 3.05) is 18.4 Å². The maximum Gasteiger partial charge on any atom is 0.276 e. The Labute approximate surface area is 198 Å². The first-order valence-electron chi connectivity index (χ1n) is 11.2. The minimum atomic E-state index is -0.657. The lowest BCUT2D eigenvalue weighted by molar-refractivity contribution is 0.0642. The van der Waals surface area contributed by atoms with E-state index in [0.29, 0.717) is 50.9 Å². The molecule has 0 unspecified atom stereocenters. The normalized spacial score (nSPS) is 18.6. The number of hydrogen-bond acceptors (Lipinski definition) is 7. The Balaban J connectivity index is 1.38. The maximum absolute atomic E-state index is 13.6. The van der Waals surface area contributed by atoms with Gasteiger partial charge >= 0.3 is 0 Å². The van der Waals surface area contributed by atoms with Crippen LogP contribution in [0, 0.1) is 13.5 Å². The molecule has 1 spiro atoms. The van der Waals surface area contributed by atoms with E-state index < -0.39 is 5.66 Å². The second kappa shape index (κ2) is 7.36. The van der Waals surface area contributed by atoms with Crippen LogP contribution in [0.5, 0.6) is 0 Å². The van der Waals surface area contributed by atoms with Gasteiger partial charge in [0.2, 0.25) is 0 Å². The average molecular weight is 476 g/mol. The predicted octanol–water partition coefficient (Wildman–Crippen LogP) is 2.62. The maximum atomic E-state index is 13.6. The topological polar surface area (TPSA) is 114 Å². The predicted molar refractivity (Wildman–Crippen MR) is 126 cm³/mol. The van der Waals surface area contributed by atoms with E-state index in [0.717, 1.165) is 25.7 Å². The molecule has 10 nitrogen and oxygen atoms in total. The second-order valence-electron chi connectivity index (χ2n) is 9.09. The van der Waals surface area contributed by atoms with Crippen LogP contribution in [0.15, 0.2) is 23.3 Å². The SMILES string of the molecule is [C-]#[N+]C1CN(C(=O)c2cc3c(Nc4cc(C)c5n(c4=O)C4(CCCC4)NC5=O)ncnc3s2)C1. The van der Waals surface area contributed by atoms with Crippen LogP contribution in [-0.2, 0) is 5.66 Å². The summed E-state index contributed by atoms with van der Waals surface area (Å²) in [4.78, 5) is 53.9. The van der Waals surface area contributed by atoms with Crippen molar-refractivity contribution in [3.63, 3.8) is 0 Å². The van der Waals surface area contributed by atoms with Gasteiger partial charge in [0, 0.05) is 0 Å². The molecule has 1 saturated heterocycles. The molecule has 3 aromatic rings. The number of aromatic nitrogens is 3. The summed E-state index contributed by atoms with van der Waals surface area (Å²) in [5.74, 6) is 0.0905. The fourth-order valence-corrected chi connectivity index (χ4v) is 6.17. The third-order valence-electron chi connectivity index (χ3n) is 6.94. The number of thiophene rings is 1. The lowest BCUT2D eigenvalue weighted by Gasteiger charge is -2.31. The largest absolute Gasteiger partial charge is 0.335 e. The number of rotatable bonds is 3. The van der Waals surface area contributed by atoms with Crippen molar-refractivity contribution in [3.05, 3.63) is 56.4 Å². The van der Waals surface area contributed by atoms with E-state index in [1.54, 1.807) is 21.6 Å². The van der Waals surface area contributed by atoms with Gasteiger partial charge in [-0.1, -0.05) is 0 Å². The number of carbonyl (C=O) groups excluding carboxylic acids is 2. The minimum absolute atomic E-state index is 0.129. The molecule has 1 aliphatic carbocycles. The Morgan fingerprint density at radius 2 is 2.03 bits per heavy atom. The molecular weight excluding hydrogens is 454 g/mol. The van der Waals surface area contributed by atoms with Gasteiger partial charge in [0.05, 0.1) is 23.4 Å². The van der Waals surface area contributed by atoms with Crippen LogP contribution in [0.2, 0.25) is 0 Å². The van der Waals surface area contributed by atoms with Crippen molar-refractivity contribution in [3.8, 4) is 0 Å². The number of fused-ring (bicyclic) bond motifs is 3. The highest BCUT2D eigenvalue weighted by molar-refractivity contribution is 7.20. The fraction of sp³-hybridized carbons (Fsp3) is 0.391. The van der Waals surface area contributed by atoms with Crippen LogP contribution >= 0.6 is 11.3 Å². The Hall–Kier alpha value is -3.78. The van der Waals surface area contributed by atoms with Crippen LogP contribution in [0.4, 0.5) is 11.5 Å². The summed E-state index contributed by atoms with van der Waals surface area (Å²) in [6, 6.07) is 3.28. The molecule has 0 radical (unpaired) electrons. The Morgan fingerprint density at radius 1 is 1.26 bits per heavy atom. The number of carbonyl (C=O) groups is 2. The van der Waals surface area contributed by atoms with E-state index in [4.69, 9.17) is 6.57 Å². The van der Waals surface area contributed by atoms with Crippen LogP contribution in [0.3, 0.4) is 0 Å². The van der Waals surface area contributed by atoms with E-state index in [-0.39, 0.29) is 23.4 Å². The van der Waals surface area contributed by atoms with Crippen LogP contribution < -0.4 is 16.2 Å². The van der Waals surface area contributed by atoms with Gasteiger partial charge in [0.25, 0.3) is 23.4 Å². The molecule has 0 atom stereocenters. The van der Waals surface area contributed by atoms with Crippen LogP contribution in [-0.4, -0.2) is 50.4 Å². The molecule has 1 saturated carbocycles. The van der Waals surface area contributed by atoms with Gasteiger partial charge in [-0.3, -0.25) is 19.0 Å². The summed E-state index contributed by atoms with van der Waals surface area (Å²) in [5, 5.41) is 6.85. The molecule has 172 valence electrons. The second-order valence-corrected chi connectivity index (χ2v) is 10.1. The molecule has 34 heavy (non-hydrogen) atoms. The molecule has 2 N–H and O–H groups in total. The van der Waals surface area contributed by atoms with Gasteiger partial charge in [-0.15, -0.1) is 11.3 Å². The number of likely N-dealkylation sites (tertiary alicyclic amines) is 1. The van der Waals surface area contributed by atoms with E-state index in [1.807, 2.05) is 6.92 Å². The zero-order valence-electron chi connectivity index (χ0n) is 18.4. The van der Waals surface area contributed by atoms with Gasteiger partial charge in [-0.25, -0.2) is 16.5 Å². The molecule has 2 fully saturated rings. The van der Waals surface area contributed by atoms with Crippen LogP contribution in [0.25, 0.3) is 15.1 Å². The number of aryl methyl sites for hydroxylation is 1. The van der Waals surface area contributed by atoms with Crippen molar-refractivity contribution in [1.29, 1.82) is 0 Å². The molecule has 2 aliphatic heterocycles. The van der Waals surface area contributed by atoms with E-state index >= 15 is 0 Å². The van der Waals surface area contributed by atoms with Crippen molar-refractivity contribution >= 4 is 44.9 Å². The minimum Gasteiger partial charge on any atom is -0.335 e. The summed E-state index contributed by atoms with van der Waals surface area (Å²) >= 11 is 1.26. The molecule has 0 aromatic carbocycles. The molecule has 0 bridgehead atoms. The first-order valence-corrected chi connectivity index (χ1v) is 12.0. The van der Waals surface area contributed by atoms with E-state index in [2.05, 4.69) is 25.4 Å². The number of amides is 2. The zero-order chi connectivity index (χ0) is 23.6. The fourth-order valence-electron chi connectivity index (χ4n) is 5.21. The van der Waals surface area contributed by atoms with E-state index in [9.17, 15) is 14.4 Å². The lowest BCUT2D eigenvalue weighted by atomic mass is 10.1. The summed E-state index contributed by atoms with van der Waals surface area (Å²) in [7, 11) is 0. The first kappa shape index (κ1) is 20.8. The first-order chi connectivity index (χ1) is 16.4. The van der Waals surface area contributed by atoms with Gasteiger partial charge < -0.3 is 20.4 Å². The highest BCUT2D eigenvalue weighted by atomic mass is 32.1. The van der Waals surface area contributed by atoms with Gasteiger partial charge in [-0.2, -0.15) is 0 Å². The third-order valence-corrected chi connectivity index (χ3v) is 7.97. The van der Waals surface area contributed by atoms with E-state index in [1.165, 1.54) is 17.7 Å². The molecule has 11 heteroatoms. The van der Waals surface area contributed by atoms with Gasteiger partial charge in [-0.05, 0) is 50.3 Å². The third kappa shape index (κ3) is 2.95. The summed E-state index contributed by atoms with van der Waals surface area (Å²) in [5.41, 5.74) is 0.522. The summed E-state index contributed by atoms with van der Waals surface area (Å²) in [6.45, 7) is 9.77. The number of hydrogen-bond donors (Lipinski definition) is 2. The van der Waals surface area contributed by atoms with Crippen LogP contribution in [0.1, 0.15) is 51.4 Å². The van der Waals surface area contributed by atoms with Crippen molar-refractivity contribution in [2.24, 2.45) is 0 Å². The number of anilines is 2. The Morgan fingerprint density at radius 3 is 2.76 bits per heavy atom. The monoisotopic (exact) mass is 475 g/mol. The van der Waals surface area contributed by atoms with Gasteiger partial charge in [0.1, 0.15) is 34.0 Å². The number of pyridine rings is 1. The lowest BCUT2D eigenvalue weighted by Crippen LogP contribution is -2.51. The smallest absolute Gasteiger partial charge is 0.276 e. The molecule has 6 rings (SSSR count). The quantitative estimate of drug-likeness (QED) is 0.563. The van der Waals surface area contributed by atoms with Crippen molar-refractivity contribution < 1.29 is 9.59 Å². The highest BCUT2D eigenvalue weighted by Gasteiger charge is 2.46. The number of nitrogens with zero attached hydrogens (tertiary/aromatic N) is 5. The molecular formula is C23H21N7O3S. The number of nitrogens with one attached hydrogen (secondary N) is 2. The Kier molecular flexibility index (Phi) is 4.50. The molecule has 3 aromatic heterocycles. The summed E-state index contributed by atoms with van der Waals surface area (Å²) in [6.07, 6.45) is 4.76. The van der Waals surface area contributed by atoms with Gasteiger partial charge in [0.15, 0.2) is 0 Å². The summed E-state index contributed by atoms with van der Waals surface area (Å²) < 4.78 is 1.62. The zero-order valence-corrected chi connectivity index (χ0v) is 19.2.